The van der Waals surface area contributed by atoms with Gasteiger partial charge in [-0.1, -0.05) is 24.5 Å². The Morgan fingerprint density at radius 1 is 1.18 bits per heavy atom. The minimum Gasteiger partial charge on any atom is -0.351 e. The number of thiazole rings is 1. The van der Waals surface area contributed by atoms with E-state index in [0.717, 1.165) is 31.2 Å². The maximum Gasteiger partial charge on any atom is 0.325 e. The van der Waals surface area contributed by atoms with Crippen molar-refractivity contribution in [1.29, 1.82) is 0 Å². The first-order valence-electron chi connectivity index (χ1n) is 9.34. The number of carbonyl (C=O) groups is 3. The topological polar surface area (TPSA) is 100 Å². The van der Waals surface area contributed by atoms with E-state index in [-0.39, 0.29) is 17.6 Å². The van der Waals surface area contributed by atoms with E-state index in [2.05, 4.69) is 20.9 Å². The van der Waals surface area contributed by atoms with E-state index in [1.807, 2.05) is 19.1 Å². The molecule has 3 rings (SSSR count). The van der Waals surface area contributed by atoms with Gasteiger partial charge < -0.3 is 10.6 Å². The molecule has 28 heavy (non-hydrogen) atoms. The molecule has 8 heteroatoms. The number of amides is 3. The summed E-state index contributed by atoms with van der Waals surface area (Å²) >= 11 is 1.27. The Kier molecular flexibility index (Phi) is 6.41. The van der Waals surface area contributed by atoms with Crippen LogP contribution in [0.5, 0.6) is 0 Å². The molecular formula is C20H24N4O3S. The van der Waals surface area contributed by atoms with Gasteiger partial charge in [0.05, 0.1) is 17.9 Å². The summed E-state index contributed by atoms with van der Waals surface area (Å²) in [6.45, 7) is 3.68. The highest BCUT2D eigenvalue weighted by atomic mass is 32.1. The second-order valence-corrected chi connectivity index (χ2v) is 7.89. The fourth-order valence-corrected chi connectivity index (χ4v) is 4.00. The first-order valence-corrected chi connectivity index (χ1v) is 10.2. The lowest BCUT2D eigenvalue weighted by Crippen LogP contribution is -2.22. The van der Waals surface area contributed by atoms with Crippen LogP contribution in [-0.2, 0) is 11.3 Å². The van der Waals surface area contributed by atoms with Gasteiger partial charge in [-0.15, -0.1) is 11.3 Å². The number of hydrogen-bond donors (Lipinski definition) is 3. The molecule has 1 heterocycles. The minimum atomic E-state index is -0.454. The Morgan fingerprint density at radius 2 is 1.93 bits per heavy atom. The van der Waals surface area contributed by atoms with Crippen molar-refractivity contribution in [3.8, 4) is 0 Å². The van der Waals surface area contributed by atoms with Crippen molar-refractivity contribution in [2.75, 3.05) is 10.6 Å². The number of anilines is 2. The van der Waals surface area contributed by atoms with E-state index in [1.54, 1.807) is 11.4 Å². The molecule has 1 aromatic heterocycles. The molecule has 148 valence electrons. The summed E-state index contributed by atoms with van der Waals surface area (Å²) in [6.07, 6.45) is 3.98. The molecule has 3 N–H and O–H groups in total. The zero-order chi connectivity index (χ0) is 20.1. The van der Waals surface area contributed by atoms with E-state index in [9.17, 15) is 14.4 Å². The van der Waals surface area contributed by atoms with Gasteiger partial charge in [-0.2, -0.15) is 0 Å². The molecule has 1 fully saturated rings. The molecule has 7 nitrogen and oxygen atoms in total. The van der Waals surface area contributed by atoms with Crippen LogP contribution in [0.1, 0.15) is 54.2 Å². The van der Waals surface area contributed by atoms with Crippen LogP contribution in [0.2, 0.25) is 0 Å². The van der Waals surface area contributed by atoms with Crippen LogP contribution in [0.25, 0.3) is 0 Å². The smallest absolute Gasteiger partial charge is 0.325 e. The Morgan fingerprint density at radius 3 is 2.64 bits per heavy atom. The fraction of sp³-hybridized carbons (Fsp3) is 0.400. The highest BCUT2D eigenvalue weighted by Gasteiger charge is 2.26. The summed E-state index contributed by atoms with van der Waals surface area (Å²) in [5.74, 6) is 0.00290. The highest BCUT2D eigenvalue weighted by Crippen LogP contribution is 2.31. The fourth-order valence-electron chi connectivity index (χ4n) is 3.29. The van der Waals surface area contributed by atoms with Crippen molar-refractivity contribution in [2.45, 2.75) is 46.1 Å². The quantitative estimate of drug-likeness (QED) is 0.636. The Hall–Kier alpha value is -2.74. The number of rotatable bonds is 6. The number of urea groups is 1. The lowest BCUT2D eigenvalue weighted by molar-refractivity contribution is -0.119. The second kappa shape index (κ2) is 8.97. The predicted octanol–water partition coefficient (Wildman–Crippen LogP) is 4.10. The maximum atomic E-state index is 12.9. The molecule has 0 bridgehead atoms. The number of ketones is 1. The van der Waals surface area contributed by atoms with Gasteiger partial charge in [0.25, 0.3) is 0 Å². The molecule has 0 saturated heterocycles. The van der Waals surface area contributed by atoms with E-state index in [0.29, 0.717) is 28.6 Å². The Labute approximate surface area is 167 Å². The van der Waals surface area contributed by atoms with Crippen molar-refractivity contribution in [1.82, 2.24) is 10.3 Å². The van der Waals surface area contributed by atoms with Crippen LogP contribution in [0, 0.1) is 12.8 Å². The van der Waals surface area contributed by atoms with Gasteiger partial charge in [-0.05, 0) is 31.9 Å². The molecule has 0 atom stereocenters. The third kappa shape index (κ3) is 5.16. The van der Waals surface area contributed by atoms with E-state index in [1.165, 1.54) is 18.3 Å². The largest absolute Gasteiger partial charge is 0.351 e. The minimum absolute atomic E-state index is 0.0423. The van der Waals surface area contributed by atoms with Crippen molar-refractivity contribution < 1.29 is 14.4 Å². The zero-order valence-electron chi connectivity index (χ0n) is 16.0. The number of carbonyl (C=O) groups excluding carboxylic acids is 3. The standard InChI is InChI=1S/C20H24N4O3S/c1-12-7-8-17(16(9-12)18(26)14-5-3-4-6-14)23-19(27)24-20-22-15(11-28-20)10-21-13(2)25/h7-9,11,14H,3-6,10H2,1-2H3,(H,21,25)(H2,22,23,24,27). The summed E-state index contributed by atoms with van der Waals surface area (Å²) in [5.41, 5.74) is 2.72. The van der Waals surface area contributed by atoms with Crippen molar-refractivity contribution in [3.63, 3.8) is 0 Å². The number of aryl methyl sites for hydroxylation is 1. The van der Waals surface area contributed by atoms with Gasteiger partial charge in [0, 0.05) is 23.8 Å². The van der Waals surface area contributed by atoms with Crippen LogP contribution in [0.4, 0.5) is 15.6 Å². The SMILES string of the molecule is CC(=O)NCc1csc(NC(=O)Nc2ccc(C)cc2C(=O)C2CCCC2)n1. The summed E-state index contributed by atoms with van der Waals surface area (Å²) < 4.78 is 0. The number of nitrogens with zero attached hydrogens (tertiary/aromatic N) is 1. The van der Waals surface area contributed by atoms with Gasteiger partial charge in [0.1, 0.15) is 0 Å². The predicted molar refractivity (Wildman–Crippen MR) is 110 cm³/mol. The maximum absolute atomic E-state index is 12.9. The number of aromatic nitrogens is 1. The first kappa shape index (κ1) is 20.0. The molecule has 1 aliphatic carbocycles. The third-order valence-corrected chi connectivity index (χ3v) is 5.51. The molecular weight excluding hydrogens is 376 g/mol. The molecule has 1 aliphatic rings. The average Bonchev–Trinajstić information content (AvgIpc) is 3.33. The van der Waals surface area contributed by atoms with E-state index in [4.69, 9.17) is 0 Å². The first-order chi connectivity index (χ1) is 13.4. The molecule has 0 unspecified atom stereocenters. The third-order valence-electron chi connectivity index (χ3n) is 4.71. The van der Waals surface area contributed by atoms with Crippen LogP contribution in [-0.4, -0.2) is 22.7 Å². The van der Waals surface area contributed by atoms with Gasteiger partial charge >= 0.3 is 6.03 Å². The van der Waals surface area contributed by atoms with Gasteiger partial charge in [0.2, 0.25) is 5.91 Å². The Bertz CT molecular complexity index is 887. The summed E-state index contributed by atoms with van der Waals surface area (Å²) in [6, 6.07) is 5.02. The van der Waals surface area contributed by atoms with Gasteiger partial charge in [0.15, 0.2) is 10.9 Å². The summed E-state index contributed by atoms with van der Waals surface area (Å²) in [4.78, 5) is 40.5. The molecule has 3 amide bonds. The monoisotopic (exact) mass is 400 g/mol. The van der Waals surface area contributed by atoms with Crippen LogP contribution in [0.3, 0.4) is 0 Å². The number of nitrogens with one attached hydrogen (secondary N) is 3. The van der Waals surface area contributed by atoms with E-state index >= 15 is 0 Å². The molecule has 2 aromatic rings. The molecule has 1 aromatic carbocycles. The lowest BCUT2D eigenvalue weighted by atomic mass is 9.94. The van der Waals surface area contributed by atoms with Crippen LogP contribution >= 0.6 is 11.3 Å². The van der Waals surface area contributed by atoms with Gasteiger partial charge in [-0.3, -0.25) is 14.9 Å². The van der Waals surface area contributed by atoms with Crippen molar-refractivity contribution in [3.05, 3.63) is 40.4 Å². The van der Waals surface area contributed by atoms with E-state index < -0.39 is 6.03 Å². The van der Waals surface area contributed by atoms with Gasteiger partial charge in [-0.25, -0.2) is 9.78 Å². The summed E-state index contributed by atoms with van der Waals surface area (Å²) in [5, 5.41) is 10.3. The Balaban J connectivity index is 1.67. The van der Waals surface area contributed by atoms with Crippen LogP contribution < -0.4 is 16.0 Å². The second-order valence-electron chi connectivity index (χ2n) is 7.03. The van der Waals surface area contributed by atoms with Crippen molar-refractivity contribution in [2.24, 2.45) is 5.92 Å². The highest BCUT2D eigenvalue weighted by molar-refractivity contribution is 7.13. The number of benzene rings is 1. The average molecular weight is 401 g/mol. The molecule has 1 saturated carbocycles. The van der Waals surface area contributed by atoms with Crippen LogP contribution in [0.15, 0.2) is 23.6 Å². The number of hydrogen-bond acceptors (Lipinski definition) is 5. The molecule has 0 radical (unpaired) electrons. The van der Waals surface area contributed by atoms with Crippen molar-refractivity contribution >= 4 is 39.9 Å². The molecule has 0 aliphatic heterocycles. The molecule has 0 spiro atoms. The summed E-state index contributed by atoms with van der Waals surface area (Å²) in [7, 11) is 0. The normalized spacial score (nSPS) is 13.9. The number of Topliss-reactive ketones (excluding diaryl/α,β-unsaturated/α-hetero) is 1. The lowest BCUT2D eigenvalue weighted by Gasteiger charge is -2.14. The zero-order valence-corrected chi connectivity index (χ0v) is 16.8.